The number of aryl methyl sites for hydroxylation is 1. The van der Waals surface area contributed by atoms with Gasteiger partial charge in [0.25, 0.3) is 11.4 Å². The van der Waals surface area contributed by atoms with Crippen molar-refractivity contribution in [3.8, 4) is 11.3 Å². The van der Waals surface area contributed by atoms with Gasteiger partial charge < -0.3 is 0 Å². The Morgan fingerprint density at radius 2 is 1.43 bits per heavy atom. The highest BCUT2D eigenvalue weighted by Crippen LogP contribution is 2.26. The van der Waals surface area contributed by atoms with Crippen LogP contribution in [0.1, 0.15) is 5.69 Å². The van der Waals surface area contributed by atoms with Crippen LogP contribution in [0.2, 0.25) is 0 Å². The molecule has 0 saturated heterocycles. The second kappa shape index (κ2) is 5.41. The molecule has 0 aliphatic carbocycles. The third kappa shape index (κ3) is 2.69. The first-order valence-corrected chi connectivity index (χ1v) is 6.63. The molecule has 0 unspecified atom stereocenters. The number of hydrogen-bond donors (Lipinski definition) is 0. The molecule has 0 fully saturated rings. The Morgan fingerprint density at radius 1 is 0.826 bits per heavy atom. The quantitative estimate of drug-likeness (QED) is 0.541. The summed E-state index contributed by atoms with van der Waals surface area (Å²) < 4.78 is 0. The number of aromatic nitrogens is 2. The Kier molecular flexibility index (Phi) is 3.41. The summed E-state index contributed by atoms with van der Waals surface area (Å²) in [4.78, 5) is 29.4. The smallest absolute Gasteiger partial charge is 0.258 e. The minimum absolute atomic E-state index is 0.00391. The maximum Gasteiger partial charge on any atom is 0.271 e. The molecule has 114 valence electrons. The van der Waals surface area contributed by atoms with Gasteiger partial charge in [-0.3, -0.25) is 20.2 Å². The standard InChI is InChI=1S/C15H10N4O4/c1-9-15(10-2-4-11(5-3-10)18(20)21)17-13-7-6-12(19(22)23)8-14(13)16-9/h2-8H,1H3. The molecule has 8 nitrogen and oxygen atoms in total. The molecular weight excluding hydrogens is 300 g/mol. The van der Waals surface area contributed by atoms with Crippen molar-refractivity contribution in [3.05, 3.63) is 68.4 Å². The molecule has 1 heterocycles. The summed E-state index contributed by atoms with van der Waals surface area (Å²) in [5.74, 6) is 0. The molecule has 0 aliphatic rings. The van der Waals surface area contributed by atoms with Crippen LogP contribution < -0.4 is 0 Å². The zero-order valence-corrected chi connectivity index (χ0v) is 12.0. The number of hydrogen-bond acceptors (Lipinski definition) is 6. The predicted octanol–water partition coefficient (Wildman–Crippen LogP) is 3.42. The van der Waals surface area contributed by atoms with Crippen molar-refractivity contribution in [2.75, 3.05) is 0 Å². The first-order chi connectivity index (χ1) is 11.0. The number of nitrogens with zero attached hydrogens (tertiary/aromatic N) is 4. The topological polar surface area (TPSA) is 112 Å². The molecular formula is C15H10N4O4. The van der Waals surface area contributed by atoms with Gasteiger partial charge in [0.05, 0.1) is 32.3 Å². The molecule has 23 heavy (non-hydrogen) atoms. The van der Waals surface area contributed by atoms with Gasteiger partial charge in [-0.2, -0.15) is 0 Å². The van der Waals surface area contributed by atoms with E-state index in [0.29, 0.717) is 28.0 Å². The molecule has 0 radical (unpaired) electrons. The molecule has 0 spiro atoms. The zero-order valence-electron chi connectivity index (χ0n) is 12.0. The van der Waals surface area contributed by atoms with Crippen LogP contribution >= 0.6 is 0 Å². The number of fused-ring (bicyclic) bond motifs is 1. The number of nitro benzene ring substituents is 2. The maximum atomic E-state index is 10.8. The van der Waals surface area contributed by atoms with Gasteiger partial charge in [0.2, 0.25) is 0 Å². The van der Waals surface area contributed by atoms with Crippen LogP contribution in [0.3, 0.4) is 0 Å². The second-order valence-corrected chi connectivity index (χ2v) is 4.89. The Morgan fingerprint density at radius 3 is 2.04 bits per heavy atom. The Hall–Kier alpha value is -3.42. The van der Waals surface area contributed by atoms with Gasteiger partial charge >= 0.3 is 0 Å². The molecule has 0 aliphatic heterocycles. The summed E-state index contributed by atoms with van der Waals surface area (Å²) in [7, 11) is 0. The van der Waals surface area contributed by atoms with Crippen molar-refractivity contribution in [1.82, 2.24) is 9.97 Å². The van der Waals surface area contributed by atoms with E-state index >= 15 is 0 Å². The molecule has 3 rings (SSSR count). The van der Waals surface area contributed by atoms with Gasteiger partial charge in [0.1, 0.15) is 0 Å². The second-order valence-electron chi connectivity index (χ2n) is 4.89. The normalized spacial score (nSPS) is 10.7. The summed E-state index contributed by atoms with van der Waals surface area (Å²) >= 11 is 0. The Balaban J connectivity index is 2.11. The summed E-state index contributed by atoms with van der Waals surface area (Å²) in [5, 5.41) is 21.5. The van der Waals surface area contributed by atoms with Gasteiger partial charge in [-0.15, -0.1) is 0 Å². The fourth-order valence-corrected chi connectivity index (χ4v) is 2.26. The van der Waals surface area contributed by atoms with Crippen molar-refractivity contribution in [3.63, 3.8) is 0 Å². The molecule has 3 aromatic rings. The first kappa shape index (κ1) is 14.5. The number of rotatable bonds is 3. The number of benzene rings is 2. The van der Waals surface area contributed by atoms with Crippen molar-refractivity contribution >= 4 is 22.4 Å². The average Bonchev–Trinajstić information content (AvgIpc) is 2.53. The lowest BCUT2D eigenvalue weighted by Crippen LogP contribution is -1.96. The van der Waals surface area contributed by atoms with E-state index in [1.54, 1.807) is 19.1 Å². The van der Waals surface area contributed by atoms with Crippen LogP contribution in [0.25, 0.3) is 22.3 Å². The molecule has 8 heteroatoms. The third-order valence-electron chi connectivity index (χ3n) is 3.38. The summed E-state index contributed by atoms with van der Waals surface area (Å²) in [6.45, 7) is 1.74. The summed E-state index contributed by atoms with van der Waals surface area (Å²) in [6.07, 6.45) is 0. The number of nitro groups is 2. The summed E-state index contributed by atoms with van der Waals surface area (Å²) in [6, 6.07) is 10.3. The molecule has 0 amide bonds. The molecule has 2 aromatic carbocycles. The SMILES string of the molecule is Cc1nc2cc([N+](=O)[O-])ccc2nc1-c1ccc([N+](=O)[O-])cc1. The fraction of sp³-hybridized carbons (Fsp3) is 0.0667. The highest BCUT2D eigenvalue weighted by molar-refractivity contribution is 5.80. The van der Waals surface area contributed by atoms with E-state index in [9.17, 15) is 20.2 Å². The van der Waals surface area contributed by atoms with Crippen molar-refractivity contribution in [2.24, 2.45) is 0 Å². The van der Waals surface area contributed by atoms with Crippen molar-refractivity contribution in [2.45, 2.75) is 6.92 Å². The Bertz CT molecular complexity index is 938. The van der Waals surface area contributed by atoms with Crippen LogP contribution in [0.5, 0.6) is 0 Å². The molecule has 1 aromatic heterocycles. The molecule has 0 atom stereocenters. The van der Waals surface area contributed by atoms with Gasteiger partial charge in [0, 0.05) is 29.8 Å². The van der Waals surface area contributed by atoms with E-state index in [4.69, 9.17) is 0 Å². The van der Waals surface area contributed by atoms with E-state index < -0.39 is 9.85 Å². The summed E-state index contributed by atoms with van der Waals surface area (Å²) in [5.41, 5.74) is 2.77. The highest BCUT2D eigenvalue weighted by Gasteiger charge is 2.13. The minimum atomic E-state index is -0.485. The maximum absolute atomic E-state index is 10.8. The third-order valence-corrected chi connectivity index (χ3v) is 3.38. The van der Waals surface area contributed by atoms with E-state index in [0.717, 1.165) is 0 Å². The van der Waals surface area contributed by atoms with Crippen LogP contribution in [-0.2, 0) is 0 Å². The lowest BCUT2D eigenvalue weighted by atomic mass is 10.1. The van der Waals surface area contributed by atoms with Crippen molar-refractivity contribution in [1.29, 1.82) is 0 Å². The van der Waals surface area contributed by atoms with E-state index in [1.807, 2.05) is 0 Å². The molecule has 0 bridgehead atoms. The average molecular weight is 310 g/mol. The van der Waals surface area contributed by atoms with E-state index in [1.165, 1.54) is 30.3 Å². The largest absolute Gasteiger partial charge is 0.271 e. The lowest BCUT2D eigenvalue weighted by Gasteiger charge is -2.06. The zero-order chi connectivity index (χ0) is 16.6. The number of non-ortho nitro benzene ring substituents is 2. The molecule has 0 saturated carbocycles. The molecule has 0 N–H and O–H groups in total. The van der Waals surface area contributed by atoms with Crippen LogP contribution in [-0.4, -0.2) is 19.8 Å². The monoisotopic (exact) mass is 310 g/mol. The van der Waals surface area contributed by atoms with Crippen LogP contribution in [0.4, 0.5) is 11.4 Å². The van der Waals surface area contributed by atoms with Gasteiger partial charge in [-0.1, -0.05) is 0 Å². The van der Waals surface area contributed by atoms with Crippen LogP contribution in [0, 0.1) is 27.2 Å². The predicted molar refractivity (Wildman–Crippen MR) is 83.0 cm³/mol. The highest BCUT2D eigenvalue weighted by atomic mass is 16.6. The van der Waals surface area contributed by atoms with Crippen molar-refractivity contribution < 1.29 is 9.85 Å². The van der Waals surface area contributed by atoms with Gasteiger partial charge in [-0.25, -0.2) is 9.97 Å². The van der Waals surface area contributed by atoms with E-state index in [2.05, 4.69) is 9.97 Å². The lowest BCUT2D eigenvalue weighted by molar-refractivity contribution is -0.385. The van der Waals surface area contributed by atoms with E-state index in [-0.39, 0.29) is 11.4 Å². The first-order valence-electron chi connectivity index (χ1n) is 6.63. The Labute approximate surface area is 129 Å². The fourth-order valence-electron chi connectivity index (χ4n) is 2.26. The van der Waals surface area contributed by atoms with Crippen LogP contribution in [0.15, 0.2) is 42.5 Å². The van der Waals surface area contributed by atoms with Gasteiger partial charge in [0.15, 0.2) is 0 Å². The van der Waals surface area contributed by atoms with Gasteiger partial charge in [-0.05, 0) is 25.1 Å². The minimum Gasteiger partial charge on any atom is -0.258 e.